The molecule has 2 N–H and O–H groups in total. The van der Waals surface area contributed by atoms with Crippen LogP contribution in [0.2, 0.25) is 0 Å². The third-order valence-electron chi connectivity index (χ3n) is 3.20. The van der Waals surface area contributed by atoms with E-state index in [1.807, 2.05) is 18.2 Å². The minimum absolute atomic E-state index is 0.293. The molecule has 0 amide bonds. The predicted molar refractivity (Wildman–Crippen MR) is 79.3 cm³/mol. The van der Waals surface area contributed by atoms with Crippen molar-refractivity contribution in [3.63, 3.8) is 0 Å². The van der Waals surface area contributed by atoms with E-state index in [1.54, 1.807) is 18.2 Å². The van der Waals surface area contributed by atoms with Crippen LogP contribution in [0.4, 0.5) is 17.3 Å². The molecule has 1 aliphatic heterocycles. The van der Waals surface area contributed by atoms with E-state index < -0.39 is 9.84 Å². The number of benzene rings is 1. The Bertz CT molecular complexity index is 757. The van der Waals surface area contributed by atoms with Gasteiger partial charge >= 0.3 is 0 Å². The van der Waals surface area contributed by atoms with Gasteiger partial charge in [0.2, 0.25) is 0 Å². The Hall–Kier alpha value is -2.08. The highest BCUT2D eigenvalue weighted by molar-refractivity contribution is 7.90. The lowest BCUT2D eigenvalue weighted by atomic mass is 10.2. The van der Waals surface area contributed by atoms with Crippen molar-refractivity contribution in [1.82, 2.24) is 4.98 Å². The molecular formula is C14H15N3O2S. The first-order valence-corrected chi connectivity index (χ1v) is 8.22. The lowest BCUT2D eigenvalue weighted by molar-refractivity contribution is 0.602. The number of anilines is 3. The van der Waals surface area contributed by atoms with Gasteiger partial charge in [-0.3, -0.25) is 0 Å². The second kappa shape index (κ2) is 4.79. The molecular weight excluding hydrogens is 274 g/mol. The first-order chi connectivity index (χ1) is 9.52. The first-order valence-electron chi connectivity index (χ1n) is 6.33. The highest BCUT2D eigenvalue weighted by Gasteiger charge is 2.12. The van der Waals surface area contributed by atoms with Crippen molar-refractivity contribution in [3.8, 4) is 0 Å². The van der Waals surface area contributed by atoms with Crippen LogP contribution in [0.15, 0.2) is 41.3 Å². The number of hydrogen-bond donors (Lipinski definition) is 2. The Morgan fingerprint density at radius 3 is 2.90 bits per heavy atom. The molecule has 0 atom stereocenters. The predicted octanol–water partition coefficient (Wildman–Crippen LogP) is 2.20. The number of pyridine rings is 1. The van der Waals surface area contributed by atoms with Crippen LogP contribution in [0.1, 0.15) is 5.56 Å². The maximum atomic E-state index is 11.5. The van der Waals surface area contributed by atoms with E-state index in [2.05, 4.69) is 15.6 Å². The van der Waals surface area contributed by atoms with E-state index in [9.17, 15) is 8.42 Å². The highest BCUT2D eigenvalue weighted by atomic mass is 32.2. The van der Waals surface area contributed by atoms with E-state index in [-0.39, 0.29) is 0 Å². The van der Waals surface area contributed by atoms with Gasteiger partial charge in [0.15, 0.2) is 9.84 Å². The molecule has 20 heavy (non-hydrogen) atoms. The number of rotatable bonds is 3. The van der Waals surface area contributed by atoms with Crippen LogP contribution in [-0.2, 0) is 16.3 Å². The lowest BCUT2D eigenvalue weighted by Crippen LogP contribution is -2.00. The van der Waals surface area contributed by atoms with Crippen LogP contribution in [0.5, 0.6) is 0 Å². The minimum Gasteiger partial charge on any atom is -0.369 e. The van der Waals surface area contributed by atoms with Crippen molar-refractivity contribution in [2.45, 2.75) is 11.3 Å². The maximum absolute atomic E-state index is 11.5. The maximum Gasteiger partial charge on any atom is 0.175 e. The Balaban J connectivity index is 1.88. The van der Waals surface area contributed by atoms with E-state index in [0.29, 0.717) is 16.4 Å². The van der Waals surface area contributed by atoms with Crippen LogP contribution in [0, 0.1) is 0 Å². The Kier molecular flexibility index (Phi) is 3.10. The van der Waals surface area contributed by atoms with Crippen LogP contribution >= 0.6 is 0 Å². The number of nitrogens with zero attached hydrogens (tertiary/aromatic N) is 1. The number of hydrogen-bond acceptors (Lipinski definition) is 5. The van der Waals surface area contributed by atoms with Gasteiger partial charge in [0.1, 0.15) is 11.6 Å². The topological polar surface area (TPSA) is 71.1 Å². The van der Waals surface area contributed by atoms with Crippen molar-refractivity contribution in [1.29, 1.82) is 0 Å². The molecule has 6 heteroatoms. The quantitative estimate of drug-likeness (QED) is 0.906. The largest absolute Gasteiger partial charge is 0.369 e. The lowest BCUT2D eigenvalue weighted by Gasteiger charge is -2.08. The fraction of sp³-hybridized carbons (Fsp3) is 0.214. The fourth-order valence-corrected chi connectivity index (χ4v) is 2.85. The number of fused-ring (bicyclic) bond motifs is 1. The average molecular weight is 289 g/mol. The molecule has 3 rings (SSSR count). The minimum atomic E-state index is -3.20. The smallest absolute Gasteiger partial charge is 0.175 e. The van der Waals surface area contributed by atoms with Crippen LogP contribution in [0.25, 0.3) is 0 Å². The zero-order chi connectivity index (χ0) is 14.2. The molecule has 0 fully saturated rings. The Morgan fingerprint density at radius 1 is 1.25 bits per heavy atom. The molecule has 2 heterocycles. The van der Waals surface area contributed by atoms with Gasteiger partial charge in [-0.05, 0) is 36.2 Å². The molecule has 5 nitrogen and oxygen atoms in total. The van der Waals surface area contributed by atoms with Crippen molar-refractivity contribution in [3.05, 3.63) is 42.0 Å². The highest BCUT2D eigenvalue weighted by Crippen LogP contribution is 2.24. The van der Waals surface area contributed by atoms with Crippen LogP contribution in [-0.4, -0.2) is 26.2 Å². The van der Waals surface area contributed by atoms with E-state index in [4.69, 9.17) is 0 Å². The Morgan fingerprint density at radius 2 is 2.10 bits per heavy atom. The monoisotopic (exact) mass is 289 g/mol. The molecule has 2 aromatic rings. The van der Waals surface area contributed by atoms with Gasteiger partial charge in [-0.2, -0.15) is 0 Å². The van der Waals surface area contributed by atoms with Crippen LogP contribution in [0.3, 0.4) is 0 Å². The molecule has 0 saturated carbocycles. The summed E-state index contributed by atoms with van der Waals surface area (Å²) in [5, 5.41) is 6.35. The standard InChI is InChI=1S/C14H15N3O2S/c1-20(18,19)12-4-2-3-11(9-12)16-13-6-5-10-7-8-15-14(10)17-13/h2-6,9H,7-8H2,1H3,(H2,15,16,17). The SMILES string of the molecule is CS(=O)(=O)c1cccc(Nc2ccc3c(n2)NCC3)c1. The molecule has 1 aromatic carbocycles. The normalized spacial score (nSPS) is 13.7. The third-order valence-corrected chi connectivity index (χ3v) is 4.31. The van der Waals surface area contributed by atoms with Gasteiger partial charge in [-0.1, -0.05) is 12.1 Å². The van der Waals surface area contributed by atoms with Gasteiger partial charge in [0.25, 0.3) is 0 Å². The van der Waals surface area contributed by atoms with E-state index >= 15 is 0 Å². The van der Waals surface area contributed by atoms with E-state index in [1.165, 1.54) is 11.8 Å². The second-order valence-corrected chi connectivity index (χ2v) is 6.82. The molecule has 0 radical (unpaired) electrons. The summed E-state index contributed by atoms with van der Waals surface area (Å²) in [6.07, 6.45) is 2.19. The summed E-state index contributed by atoms with van der Waals surface area (Å²) in [5.74, 6) is 1.60. The number of aromatic nitrogens is 1. The molecule has 1 aromatic heterocycles. The van der Waals surface area contributed by atoms with Crippen molar-refractivity contribution >= 4 is 27.2 Å². The van der Waals surface area contributed by atoms with Gasteiger partial charge in [0, 0.05) is 18.5 Å². The molecule has 0 spiro atoms. The van der Waals surface area contributed by atoms with Gasteiger partial charge in [-0.15, -0.1) is 0 Å². The van der Waals surface area contributed by atoms with Gasteiger partial charge in [-0.25, -0.2) is 13.4 Å². The van der Waals surface area contributed by atoms with Crippen LogP contribution < -0.4 is 10.6 Å². The van der Waals surface area contributed by atoms with E-state index in [0.717, 1.165) is 18.8 Å². The molecule has 0 bridgehead atoms. The summed E-state index contributed by atoms with van der Waals surface area (Å²) in [7, 11) is -3.20. The van der Waals surface area contributed by atoms with Crippen molar-refractivity contribution < 1.29 is 8.42 Å². The first kappa shape index (κ1) is 12.9. The number of nitrogens with one attached hydrogen (secondary N) is 2. The molecule has 1 aliphatic rings. The molecule has 0 saturated heterocycles. The Labute approximate surface area is 118 Å². The molecule has 0 unspecified atom stereocenters. The summed E-state index contributed by atoms with van der Waals surface area (Å²) in [4.78, 5) is 4.76. The summed E-state index contributed by atoms with van der Waals surface area (Å²) in [6, 6.07) is 10.7. The molecule has 104 valence electrons. The summed E-state index contributed by atoms with van der Waals surface area (Å²) in [5.41, 5.74) is 1.92. The van der Waals surface area contributed by atoms with Crippen molar-refractivity contribution in [2.75, 3.05) is 23.4 Å². The third kappa shape index (κ3) is 2.60. The van der Waals surface area contributed by atoms with Crippen molar-refractivity contribution in [2.24, 2.45) is 0 Å². The average Bonchev–Trinajstić information content (AvgIpc) is 2.85. The number of sulfone groups is 1. The fourth-order valence-electron chi connectivity index (χ4n) is 2.18. The zero-order valence-electron chi connectivity index (χ0n) is 11.1. The summed E-state index contributed by atoms with van der Waals surface area (Å²) in [6.45, 7) is 0.912. The van der Waals surface area contributed by atoms with Gasteiger partial charge in [0.05, 0.1) is 4.90 Å². The second-order valence-electron chi connectivity index (χ2n) is 4.81. The summed E-state index contributed by atoms with van der Waals surface area (Å²) >= 11 is 0. The molecule has 0 aliphatic carbocycles. The van der Waals surface area contributed by atoms with Gasteiger partial charge < -0.3 is 10.6 Å². The summed E-state index contributed by atoms with van der Waals surface area (Å²) < 4.78 is 23.1. The zero-order valence-corrected chi connectivity index (χ0v) is 11.9.